The lowest BCUT2D eigenvalue weighted by atomic mass is 10.2. The van der Waals surface area contributed by atoms with Crippen molar-refractivity contribution in [2.75, 3.05) is 11.9 Å². The van der Waals surface area contributed by atoms with E-state index in [0.29, 0.717) is 18.1 Å². The van der Waals surface area contributed by atoms with Crippen LogP contribution >= 0.6 is 0 Å². The molecule has 24 heavy (non-hydrogen) atoms. The van der Waals surface area contributed by atoms with Crippen molar-refractivity contribution in [2.45, 2.75) is 38.6 Å². The molecule has 0 atom stereocenters. The first-order valence-electron chi connectivity index (χ1n) is 8.38. The van der Waals surface area contributed by atoms with Gasteiger partial charge in [0.15, 0.2) is 0 Å². The summed E-state index contributed by atoms with van der Waals surface area (Å²) < 4.78 is 5.57. The zero-order valence-corrected chi connectivity index (χ0v) is 13.8. The molecule has 1 heterocycles. The number of aromatic nitrogens is 2. The second-order valence-electron chi connectivity index (χ2n) is 5.80. The molecule has 1 aliphatic rings. The molecule has 2 N–H and O–H groups in total. The fourth-order valence-corrected chi connectivity index (χ4v) is 2.83. The number of rotatable bonds is 6. The largest absolute Gasteiger partial charge is 0.492 e. The minimum atomic E-state index is -0.157. The molecule has 126 valence electrons. The van der Waals surface area contributed by atoms with Crippen LogP contribution in [0.25, 0.3) is 0 Å². The van der Waals surface area contributed by atoms with Crippen molar-refractivity contribution in [1.29, 1.82) is 0 Å². The molecule has 0 spiro atoms. The zero-order chi connectivity index (χ0) is 16.8. The van der Waals surface area contributed by atoms with Crippen molar-refractivity contribution >= 4 is 17.4 Å². The van der Waals surface area contributed by atoms with E-state index in [0.717, 1.165) is 24.3 Å². The van der Waals surface area contributed by atoms with Gasteiger partial charge in [-0.1, -0.05) is 25.0 Å². The summed E-state index contributed by atoms with van der Waals surface area (Å²) >= 11 is 0. The minimum absolute atomic E-state index is 0.157. The van der Waals surface area contributed by atoms with Crippen LogP contribution in [-0.4, -0.2) is 28.5 Å². The first kappa shape index (κ1) is 16.2. The maximum atomic E-state index is 12.2. The SMILES string of the molecule is CCOc1ccccc1Nc1cnc(C(=O)NC2CCCC2)cn1. The summed E-state index contributed by atoms with van der Waals surface area (Å²) in [5.41, 5.74) is 1.15. The molecule has 0 saturated heterocycles. The molecule has 3 rings (SSSR count). The Labute approximate surface area is 141 Å². The van der Waals surface area contributed by atoms with Crippen LogP contribution in [0.2, 0.25) is 0 Å². The average Bonchev–Trinajstić information content (AvgIpc) is 3.10. The van der Waals surface area contributed by atoms with Crippen LogP contribution in [0.3, 0.4) is 0 Å². The summed E-state index contributed by atoms with van der Waals surface area (Å²) in [6.07, 6.45) is 7.51. The van der Waals surface area contributed by atoms with Gasteiger partial charge in [-0.25, -0.2) is 9.97 Å². The van der Waals surface area contributed by atoms with Crippen LogP contribution in [0.5, 0.6) is 5.75 Å². The fraction of sp³-hybridized carbons (Fsp3) is 0.389. The zero-order valence-electron chi connectivity index (χ0n) is 13.8. The van der Waals surface area contributed by atoms with Gasteiger partial charge in [0, 0.05) is 6.04 Å². The lowest BCUT2D eigenvalue weighted by Crippen LogP contribution is -2.33. The number of carbonyl (C=O) groups excluding carboxylic acids is 1. The average molecular weight is 326 g/mol. The van der Waals surface area contributed by atoms with Gasteiger partial charge in [-0.2, -0.15) is 0 Å². The number of nitrogens with one attached hydrogen (secondary N) is 2. The monoisotopic (exact) mass is 326 g/mol. The van der Waals surface area contributed by atoms with Crippen molar-refractivity contribution < 1.29 is 9.53 Å². The molecule has 1 aliphatic carbocycles. The molecule has 6 nitrogen and oxygen atoms in total. The smallest absolute Gasteiger partial charge is 0.271 e. The number of nitrogens with zero attached hydrogens (tertiary/aromatic N) is 2. The molecule has 1 fully saturated rings. The third kappa shape index (κ3) is 4.01. The standard InChI is InChI=1S/C18H22N4O2/c1-2-24-16-10-6-5-9-14(16)22-17-12-19-15(11-20-17)18(23)21-13-7-3-4-8-13/h5-6,9-13H,2-4,7-8H2,1H3,(H,20,22)(H,21,23). The predicted octanol–water partition coefficient (Wildman–Crippen LogP) is 3.29. The van der Waals surface area contributed by atoms with E-state index >= 15 is 0 Å². The molecular weight excluding hydrogens is 304 g/mol. The Balaban J connectivity index is 1.65. The second-order valence-corrected chi connectivity index (χ2v) is 5.80. The van der Waals surface area contributed by atoms with E-state index in [4.69, 9.17) is 4.74 Å². The Morgan fingerprint density at radius 1 is 1.21 bits per heavy atom. The number of benzene rings is 1. The third-order valence-electron chi connectivity index (χ3n) is 4.02. The minimum Gasteiger partial charge on any atom is -0.492 e. The van der Waals surface area contributed by atoms with Crippen molar-refractivity contribution in [2.24, 2.45) is 0 Å². The highest BCUT2D eigenvalue weighted by atomic mass is 16.5. The molecule has 1 aromatic carbocycles. The van der Waals surface area contributed by atoms with Gasteiger partial charge in [-0.15, -0.1) is 0 Å². The fourth-order valence-electron chi connectivity index (χ4n) is 2.83. The van der Waals surface area contributed by atoms with E-state index in [2.05, 4.69) is 20.6 Å². The van der Waals surface area contributed by atoms with Gasteiger partial charge in [-0.3, -0.25) is 4.79 Å². The van der Waals surface area contributed by atoms with Crippen molar-refractivity contribution in [3.63, 3.8) is 0 Å². The Morgan fingerprint density at radius 2 is 2.00 bits per heavy atom. The summed E-state index contributed by atoms with van der Waals surface area (Å²) in [7, 11) is 0. The second kappa shape index (κ2) is 7.77. The number of hydrogen-bond donors (Lipinski definition) is 2. The summed E-state index contributed by atoms with van der Waals surface area (Å²) in [5, 5.41) is 6.17. The quantitative estimate of drug-likeness (QED) is 0.852. The molecule has 1 saturated carbocycles. The molecule has 0 unspecified atom stereocenters. The first-order chi connectivity index (χ1) is 11.8. The van der Waals surface area contributed by atoms with Crippen LogP contribution in [0.4, 0.5) is 11.5 Å². The van der Waals surface area contributed by atoms with Crippen LogP contribution < -0.4 is 15.4 Å². The highest BCUT2D eigenvalue weighted by Gasteiger charge is 2.18. The normalized spacial score (nSPS) is 14.4. The molecular formula is C18H22N4O2. The maximum Gasteiger partial charge on any atom is 0.271 e. The van der Waals surface area contributed by atoms with Gasteiger partial charge < -0.3 is 15.4 Å². The van der Waals surface area contributed by atoms with E-state index in [1.165, 1.54) is 19.0 Å². The number of ether oxygens (including phenoxy) is 1. The summed E-state index contributed by atoms with van der Waals surface area (Å²) in [6, 6.07) is 7.91. The van der Waals surface area contributed by atoms with E-state index in [9.17, 15) is 4.79 Å². The number of amides is 1. The number of carbonyl (C=O) groups is 1. The molecule has 1 aromatic heterocycles. The lowest BCUT2D eigenvalue weighted by molar-refractivity contribution is 0.0932. The maximum absolute atomic E-state index is 12.2. The van der Waals surface area contributed by atoms with E-state index in [-0.39, 0.29) is 11.9 Å². The molecule has 1 amide bonds. The molecule has 0 aliphatic heterocycles. The highest BCUT2D eigenvalue weighted by molar-refractivity contribution is 5.92. The van der Waals surface area contributed by atoms with Crippen LogP contribution in [0.1, 0.15) is 43.1 Å². The first-order valence-corrected chi connectivity index (χ1v) is 8.38. The van der Waals surface area contributed by atoms with Crippen molar-refractivity contribution in [3.05, 3.63) is 42.4 Å². The van der Waals surface area contributed by atoms with Crippen LogP contribution in [0.15, 0.2) is 36.7 Å². The Hall–Kier alpha value is -2.63. The van der Waals surface area contributed by atoms with Crippen LogP contribution in [-0.2, 0) is 0 Å². The van der Waals surface area contributed by atoms with Gasteiger partial charge in [0.1, 0.15) is 17.3 Å². The highest BCUT2D eigenvalue weighted by Crippen LogP contribution is 2.26. The van der Waals surface area contributed by atoms with Crippen molar-refractivity contribution in [3.8, 4) is 5.75 Å². The van der Waals surface area contributed by atoms with Gasteiger partial charge in [0.25, 0.3) is 5.91 Å². The summed E-state index contributed by atoms with van der Waals surface area (Å²) in [4.78, 5) is 20.7. The Morgan fingerprint density at radius 3 is 2.71 bits per heavy atom. The van der Waals surface area contributed by atoms with E-state index < -0.39 is 0 Å². The predicted molar refractivity (Wildman–Crippen MR) is 92.6 cm³/mol. The summed E-state index contributed by atoms with van der Waals surface area (Å²) in [6.45, 7) is 2.53. The molecule has 2 aromatic rings. The number of anilines is 2. The van der Waals surface area contributed by atoms with Gasteiger partial charge in [0.05, 0.1) is 24.7 Å². The molecule has 0 radical (unpaired) electrons. The van der Waals surface area contributed by atoms with E-state index in [1.807, 2.05) is 31.2 Å². The number of para-hydroxylation sites is 2. The van der Waals surface area contributed by atoms with E-state index in [1.54, 1.807) is 6.20 Å². The Kier molecular flexibility index (Phi) is 5.25. The topological polar surface area (TPSA) is 76.1 Å². The van der Waals surface area contributed by atoms with Gasteiger partial charge in [0.2, 0.25) is 0 Å². The van der Waals surface area contributed by atoms with Crippen molar-refractivity contribution in [1.82, 2.24) is 15.3 Å². The summed E-state index contributed by atoms with van der Waals surface area (Å²) in [5.74, 6) is 1.17. The Bertz CT molecular complexity index is 682. The molecule has 0 bridgehead atoms. The van der Waals surface area contributed by atoms with Crippen LogP contribution in [0, 0.1) is 0 Å². The number of hydrogen-bond acceptors (Lipinski definition) is 5. The lowest BCUT2D eigenvalue weighted by Gasteiger charge is -2.12. The van der Waals surface area contributed by atoms with Gasteiger partial charge in [-0.05, 0) is 31.9 Å². The third-order valence-corrected chi connectivity index (χ3v) is 4.02. The van der Waals surface area contributed by atoms with Gasteiger partial charge >= 0.3 is 0 Å². The molecule has 6 heteroatoms.